The van der Waals surface area contributed by atoms with Gasteiger partial charge in [0.2, 0.25) is 5.91 Å². The van der Waals surface area contributed by atoms with Gasteiger partial charge in [-0.2, -0.15) is 11.8 Å². The maximum Gasteiger partial charge on any atom is 0.271 e. The number of benzene rings is 1. The average Bonchev–Trinajstić information content (AvgIpc) is 2.45. The van der Waals surface area contributed by atoms with Gasteiger partial charge in [-0.15, -0.1) is 0 Å². The zero-order valence-corrected chi connectivity index (χ0v) is 12.4. The van der Waals surface area contributed by atoms with Gasteiger partial charge in [-0.1, -0.05) is 13.0 Å². The average molecular weight is 297 g/mol. The first-order chi connectivity index (χ1) is 9.47. The number of thioether (sulfide) groups is 1. The zero-order chi connectivity index (χ0) is 15.1. The van der Waals surface area contributed by atoms with Gasteiger partial charge in [0.25, 0.3) is 5.69 Å². The van der Waals surface area contributed by atoms with Gasteiger partial charge in [-0.3, -0.25) is 14.9 Å². The molecule has 0 bridgehead atoms. The molecule has 0 saturated carbocycles. The standard InChI is InChI=1S/C13H19N3O3S/c1-3-20-8-7-12(14)13(17)15(2)10-5-4-6-11(9-10)16(18)19/h4-6,9,12H,3,7-8,14H2,1-2H3/t12-/m0/s1. The Bertz CT molecular complexity index is 482. The van der Waals surface area contributed by atoms with Crippen LogP contribution in [-0.4, -0.2) is 35.4 Å². The minimum Gasteiger partial charge on any atom is -0.320 e. The summed E-state index contributed by atoms with van der Waals surface area (Å²) >= 11 is 1.73. The molecule has 0 heterocycles. The molecule has 1 amide bonds. The van der Waals surface area contributed by atoms with Crippen molar-refractivity contribution in [1.29, 1.82) is 0 Å². The molecule has 0 aliphatic rings. The summed E-state index contributed by atoms with van der Waals surface area (Å²) in [5, 5.41) is 10.7. The monoisotopic (exact) mass is 297 g/mol. The summed E-state index contributed by atoms with van der Waals surface area (Å²) in [4.78, 5) is 23.8. The van der Waals surface area contributed by atoms with Gasteiger partial charge in [-0.05, 0) is 24.0 Å². The third kappa shape index (κ3) is 4.50. The highest BCUT2D eigenvalue weighted by Gasteiger charge is 2.20. The second kappa shape index (κ2) is 7.86. The van der Waals surface area contributed by atoms with Crippen LogP contribution in [0.15, 0.2) is 24.3 Å². The van der Waals surface area contributed by atoms with Crippen molar-refractivity contribution in [2.45, 2.75) is 19.4 Å². The first-order valence-electron chi connectivity index (χ1n) is 6.32. The van der Waals surface area contributed by atoms with Crippen molar-refractivity contribution in [3.8, 4) is 0 Å². The Morgan fingerprint density at radius 1 is 1.55 bits per heavy atom. The summed E-state index contributed by atoms with van der Waals surface area (Å²) in [5.41, 5.74) is 6.29. The lowest BCUT2D eigenvalue weighted by Gasteiger charge is -2.21. The molecule has 0 aliphatic carbocycles. The number of likely N-dealkylation sites (N-methyl/N-ethyl adjacent to an activating group) is 1. The fourth-order valence-corrected chi connectivity index (χ4v) is 2.38. The molecular weight excluding hydrogens is 278 g/mol. The predicted molar refractivity (Wildman–Crippen MR) is 82.1 cm³/mol. The van der Waals surface area contributed by atoms with E-state index in [0.29, 0.717) is 12.1 Å². The van der Waals surface area contributed by atoms with Crippen molar-refractivity contribution >= 4 is 29.0 Å². The molecular formula is C13H19N3O3S. The fraction of sp³-hybridized carbons (Fsp3) is 0.462. The highest BCUT2D eigenvalue weighted by molar-refractivity contribution is 7.99. The van der Waals surface area contributed by atoms with Crippen LogP contribution in [0.2, 0.25) is 0 Å². The number of hydrogen-bond acceptors (Lipinski definition) is 5. The van der Waals surface area contributed by atoms with Gasteiger partial charge in [-0.25, -0.2) is 0 Å². The number of nitrogens with zero attached hydrogens (tertiary/aromatic N) is 2. The Labute approximate surface area is 122 Å². The Balaban J connectivity index is 2.73. The van der Waals surface area contributed by atoms with Gasteiger partial charge in [0, 0.05) is 19.2 Å². The first-order valence-corrected chi connectivity index (χ1v) is 7.48. The van der Waals surface area contributed by atoms with Gasteiger partial charge >= 0.3 is 0 Å². The quantitative estimate of drug-likeness (QED) is 0.472. The van der Waals surface area contributed by atoms with Crippen LogP contribution in [-0.2, 0) is 4.79 Å². The molecule has 0 aliphatic heterocycles. The third-order valence-electron chi connectivity index (χ3n) is 2.85. The first kappa shape index (κ1) is 16.5. The highest BCUT2D eigenvalue weighted by atomic mass is 32.2. The zero-order valence-electron chi connectivity index (χ0n) is 11.6. The number of nitro benzene ring substituents is 1. The lowest BCUT2D eigenvalue weighted by atomic mass is 10.2. The number of carbonyl (C=O) groups is 1. The van der Waals surface area contributed by atoms with Crippen molar-refractivity contribution in [2.24, 2.45) is 5.73 Å². The SMILES string of the molecule is CCSCC[C@H](N)C(=O)N(C)c1cccc([N+](=O)[O-])c1. The van der Waals surface area contributed by atoms with Crippen LogP contribution in [0.5, 0.6) is 0 Å². The molecule has 2 N–H and O–H groups in total. The second-order valence-corrected chi connectivity index (χ2v) is 5.66. The number of anilines is 1. The topological polar surface area (TPSA) is 89.5 Å². The van der Waals surface area contributed by atoms with E-state index < -0.39 is 11.0 Å². The number of nitrogens with two attached hydrogens (primary N) is 1. The van der Waals surface area contributed by atoms with Gasteiger partial charge < -0.3 is 10.6 Å². The molecule has 6 nitrogen and oxygen atoms in total. The van der Waals surface area contributed by atoms with Crippen LogP contribution in [0.4, 0.5) is 11.4 Å². The van der Waals surface area contributed by atoms with Crippen LogP contribution in [0.1, 0.15) is 13.3 Å². The molecule has 1 rings (SSSR count). The lowest BCUT2D eigenvalue weighted by molar-refractivity contribution is -0.384. The van der Waals surface area contributed by atoms with Gasteiger partial charge in [0.15, 0.2) is 0 Å². The molecule has 0 saturated heterocycles. The van der Waals surface area contributed by atoms with E-state index in [2.05, 4.69) is 0 Å². The third-order valence-corrected chi connectivity index (χ3v) is 3.79. The lowest BCUT2D eigenvalue weighted by Crippen LogP contribution is -2.42. The van der Waals surface area contributed by atoms with Crippen LogP contribution >= 0.6 is 11.8 Å². The Morgan fingerprint density at radius 3 is 2.85 bits per heavy atom. The van der Waals surface area contributed by atoms with Crippen LogP contribution in [0.25, 0.3) is 0 Å². The van der Waals surface area contributed by atoms with E-state index in [9.17, 15) is 14.9 Å². The van der Waals surface area contributed by atoms with Crippen molar-refractivity contribution in [3.05, 3.63) is 34.4 Å². The number of hydrogen-bond donors (Lipinski definition) is 1. The number of carbonyl (C=O) groups excluding carboxylic acids is 1. The van der Waals surface area contributed by atoms with E-state index in [0.717, 1.165) is 11.5 Å². The Kier molecular flexibility index (Phi) is 6.47. The molecule has 20 heavy (non-hydrogen) atoms. The fourth-order valence-electron chi connectivity index (χ4n) is 1.67. The molecule has 7 heteroatoms. The molecule has 1 aromatic rings. The maximum atomic E-state index is 12.1. The number of amides is 1. The van der Waals surface area contributed by atoms with Crippen molar-refractivity contribution < 1.29 is 9.72 Å². The van der Waals surface area contributed by atoms with Crippen molar-refractivity contribution in [1.82, 2.24) is 0 Å². The van der Waals surface area contributed by atoms with Crippen LogP contribution in [0.3, 0.4) is 0 Å². The number of rotatable bonds is 7. The summed E-state index contributed by atoms with van der Waals surface area (Å²) in [6.45, 7) is 2.05. The minimum atomic E-state index is -0.585. The summed E-state index contributed by atoms with van der Waals surface area (Å²) in [6, 6.07) is 5.37. The molecule has 1 aromatic carbocycles. The van der Waals surface area contributed by atoms with Gasteiger partial charge in [0.1, 0.15) is 0 Å². The van der Waals surface area contributed by atoms with E-state index >= 15 is 0 Å². The molecule has 110 valence electrons. The molecule has 0 unspecified atom stereocenters. The minimum absolute atomic E-state index is 0.0442. The maximum absolute atomic E-state index is 12.1. The van der Waals surface area contributed by atoms with E-state index in [1.807, 2.05) is 6.92 Å². The van der Waals surface area contributed by atoms with Crippen LogP contribution < -0.4 is 10.6 Å². The van der Waals surface area contributed by atoms with Crippen LogP contribution in [0, 0.1) is 10.1 Å². The summed E-state index contributed by atoms with van der Waals surface area (Å²) < 4.78 is 0. The van der Waals surface area contributed by atoms with Gasteiger partial charge in [0.05, 0.1) is 16.7 Å². The summed E-state index contributed by atoms with van der Waals surface area (Å²) in [7, 11) is 1.58. The molecule has 0 spiro atoms. The number of non-ortho nitro benzene ring substituents is 1. The Morgan fingerprint density at radius 2 is 2.25 bits per heavy atom. The molecule has 1 atom stereocenters. The normalized spacial score (nSPS) is 11.9. The van der Waals surface area contributed by atoms with E-state index in [4.69, 9.17) is 5.73 Å². The predicted octanol–water partition coefficient (Wildman–Crippen LogP) is 2.03. The highest BCUT2D eigenvalue weighted by Crippen LogP contribution is 2.20. The van der Waals surface area contributed by atoms with E-state index in [1.165, 1.54) is 17.0 Å². The smallest absolute Gasteiger partial charge is 0.271 e. The summed E-state index contributed by atoms with van der Waals surface area (Å²) in [6.07, 6.45) is 0.594. The molecule has 0 radical (unpaired) electrons. The van der Waals surface area contributed by atoms with Crippen molar-refractivity contribution in [2.75, 3.05) is 23.5 Å². The molecule has 0 fully saturated rings. The largest absolute Gasteiger partial charge is 0.320 e. The van der Waals surface area contributed by atoms with E-state index in [-0.39, 0.29) is 11.6 Å². The number of nitro groups is 1. The van der Waals surface area contributed by atoms with Crippen molar-refractivity contribution in [3.63, 3.8) is 0 Å². The summed E-state index contributed by atoms with van der Waals surface area (Å²) in [5.74, 6) is 1.58. The molecule has 0 aromatic heterocycles. The van der Waals surface area contributed by atoms with E-state index in [1.54, 1.807) is 30.9 Å². The Hall–Kier alpha value is -1.60. The second-order valence-electron chi connectivity index (χ2n) is 4.27.